The summed E-state index contributed by atoms with van der Waals surface area (Å²) in [4.78, 5) is 0. The van der Waals surface area contributed by atoms with Crippen molar-refractivity contribution in [3.63, 3.8) is 0 Å². The van der Waals surface area contributed by atoms with Gasteiger partial charge in [-0.25, -0.2) is 0 Å². The van der Waals surface area contributed by atoms with E-state index in [1.807, 2.05) is 0 Å². The van der Waals surface area contributed by atoms with E-state index in [4.69, 9.17) is 0 Å². The highest BCUT2D eigenvalue weighted by molar-refractivity contribution is 5.85. The minimum absolute atomic E-state index is 0. The third-order valence-electron chi connectivity index (χ3n) is 1.88. The van der Waals surface area contributed by atoms with E-state index in [-0.39, 0.29) is 24.8 Å². The summed E-state index contributed by atoms with van der Waals surface area (Å²) in [6, 6.07) is 8.63. The van der Waals surface area contributed by atoms with Crippen LogP contribution in [0.5, 0.6) is 0 Å². The highest BCUT2D eigenvalue weighted by Gasteiger charge is 1.93. The van der Waals surface area contributed by atoms with Crippen LogP contribution in [0.25, 0.3) is 0 Å². The molecule has 1 rings (SSSR count). The third-order valence-corrected chi connectivity index (χ3v) is 1.88. The molecule has 0 radical (unpaired) electrons. The number of hydrogen-bond acceptors (Lipinski definition) is 0. The molecule has 2 heteroatoms. The van der Waals surface area contributed by atoms with Gasteiger partial charge in [-0.05, 0) is 24.0 Å². The number of halogens is 2. The molecular weight excluding hydrogens is 191 g/mol. The van der Waals surface area contributed by atoms with Gasteiger partial charge in [0.15, 0.2) is 0 Å². The predicted molar refractivity (Wildman–Crippen MR) is 59.7 cm³/mol. The van der Waals surface area contributed by atoms with Gasteiger partial charge in [0, 0.05) is 0 Å². The number of benzene rings is 1. The van der Waals surface area contributed by atoms with Crippen LogP contribution in [-0.2, 0) is 12.8 Å². The summed E-state index contributed by atoms with van der Waals surface area (Å²) >= 11 is 0. The molecule has 0 amide bonds. The summed E-state index contributed by atoms with van der Waals surface area (Å²) in [6.45, 7) is 4.41. The second kappa shape index (κ2) is 7.45. The zero-order valence-electron chi connectivity index (χ0n) is 7.54. The van der Waals surface area contributed by atoms with Gasteiger partial charge >= 0.3 is 0 Å². The van der Waals surface area contributed by atoms with Gasteiger partial charge in [0.1, 0.15) is 0 Å². The van der Waals surface area contributed by atoms with Crippen LogP contribution in [-0.4, -0.2) is 0 Å². The van der Waals surface area contributed by atoms with Gasteiger partial charge in [-0.15, -0.1) is 24.8 Å². The lowest BCUT2D eigenvalue weighted by molar-refractivity contribution is 1.04. The van der Waals surface area contributed by atoms with Crippen molar-refractivity contribution >= 4 is 24.8 Å². The Kier molecular flexibility index (Phi) is 8.90. The van der Waals surface area contributed by atoms with Crippen LogP contribution < -0.4 is 0 Å². The lowest BCUT2D eigenvalue weighted by Gasteiger charge is -2.02. The lowest BCUT2D eigenvalue weighted by Crippen LogP contribution is -1.88. The second-order valence-corrected chi connectivity index (χ2v) is 2.48. The Labute approximate surface area is 87.2 Å². The van der Waals surface area contributed by atoms with Gasteiger partial charge in [0.2, 0.25) is 0 Å². The first kappa shape index (κ1) is 14.3. The summed E-state index contributed by atoms with van der Waals surface area (Å²) in [5, 5.41) is 0. The molecule has 0 N–H and O–H groups in total. The maximum absolute atomic E-state index is 2.21. The largest absolute Gasteiger partial charge is 0.147 e. The Balaban J connectivity index is 0. The minimum Gasteiger partial charge on any atom is -0.147 e. The van der Waals surface area contributed by atoms with E-state index in [0.29, 0.717) is 0 Å². The van der Waals surface area contributed by atoms with Crippen LogP contribution in [0.4, 0.5) is 0 Å². The summed E-state index contributed by atoms with van der Waals surface area (Å²) in [5.41, 5.74) is 2.98. The van der Waals surface area contributed by atoms with Crippen molar-refractivity contribution < 1.29 is 0 Å². The van der Waals surface area contributed by atoms with E-state index in [1.165, 1.54) is 11.1 Å². The molecule has 0 nitrogen and oxygen atoms in total. The van der Waals surface area contributed by atoms with E-state index in [0.717, 1.165) is 12.8 Å². The standard InChI is InChI=1S/C10H14.2ClH/c1-3-9-7-5-6-8-10(9)4-2;;/h5-8H,3-4H2,1-2H3;2*1H. The molecule has 1 aromatic rings. The molecular formula is C10H16Cl2. The average molecular weight is 207 g/mol. The first-order valence-corrected chi connectivity index (χ1v) is 3.95. The van der Waals surface area contributed by atoms with Crippen molar-refractivity contribution in [3.8, 4) is 0 Å². The average Bonchev–Trinajstić information content (AvgIpc) is 2.04. The Hall–Kier alpha value is -0.200. The molecule has 0 unspecified atom stereocenters. The maximum Gasteiger partial charge on any atom is -0.0305 e. The van der Waals surface area contributed by atoms with Crippen LogP contribution >= 0.6 is 24.8 Å². The van der Waals surface area contributed by atoms with Crippen LogP contribution in [0.15, 0.2) is 24.3 Å². The first-order valence-electron chi connectivity index (χ1n) is 3.95. The summed E-state index contributed by atoms with van der Waals surface area (Å²) in [5.74, 6) is 0. The molecule has 0 heterocycles. The second-order valence-electron chi connectivity index (χ2n) is 2.48. The molecule has 0 spiro atoms. The van der Waals surface area contributed by atoms with Gasteiger partial charge in [0.25, 0.3) is 0 Å². The zero-order chi connectivity index (χ0) is 7.40. The third kappa shape index (κ3) is 3.46. The highest BCUT2D eigenvalue weighted by atomic mass is 35.5. The van der Waals surface area contributed by atoms with Crippen molar-refractivity contribution in [2.24, 2.45) is 0 Å². The molecule has 12 heavy (non-hydrogen) atoms. The Bertz CT molecular complexity index is 186. The molecule has 0 atom stereocenters. The van der Waals surface area contributed by atoms with E-state index in [2.05, 4.69) is 38.1 Å². The van der Waals surface area contributed by atoms with E-state index >= 15 is 0 Å². The van der Waals surface area contributed by atoms with Crippen molar-refractivity contribution in [2.75, 3.05) is 0 Å². The molecule has 0 saturated heterocycles. The summed E-state index contributed by atoms with van der Waals surface area (Å²) in [7, 11) is 0. The van der Waals surface area contributed by atoms with Crippen LogP contribution in [0.3, 0.4) is 0 Å². The van der Waals surface area contributed by atoms with Crippen molar-refractivity contribution in [2.45, 2.75) is 26.7 Å². The van der Waals surface area contributed by atoms with Gasteiger partial charge < -0.3 is 0 Å². The summed E-state index contributed by atoms with van der Waals surface area (Å²) < 4.78 is 0. The quantitative estimate of drug-likeness (QED) is 0.694. The van der Waals surface area contributed by atoms with Crippen LogP contribution in [0.1, 0.15) is 25.0 Å². The Morgan fingerprint density at radius 2 is 1.17 bits per heavy atom. The van der Waals surface area contributed by atoms with Crippen molar-refractivity contribution in [1.82, 2.24) is 0 Å². The van der Waals surface area contributed by atoms with Gasteiger partial charge in [-0.1, -0.05) is 38.1 Å². The van der Waals surface area contributed by atoms with Gasteiger partial charge in [-0.2, -0.15) is 0 Å². The van der Waals surface area contributed by atoms with Crippen molar-refractivity contribution in [1.29, 1.82) is 0 Å². The fraction of sp³-hybridized carbons (Fsp3) is 0.400. The Morgan fingerprint density at radius 3 is 1.42 bits per heavy atom. The highest BCUT2D eigenvalue weighted by Crippen LogP contribution is 2.08. The molecule has 0 aliphatic rings. The molecule has 0 aliphatic heterocycles. The van der Waals surface area contributed by atoms with E-state index in [1.54, 1.807) is 0 Å². The predicted octanol–water partition coefficient (Wildman–Crippen LogP) is 3.66. The molecule has 1 aromatic carbocycles. The fourth-order valence-corrected chi connectivity index (χ4v) is 1.25. The van der Waals surface area contributed by atoms with E-state index < -0.39 is 0 Å². The normalized spacial score (nSPS) is 8.17. The molecule has 0 saturated carbocycles. The van der Waals surface area contributed by atoms with Crippen LogP contribution in [0, 0.1) is 0 Å². The van der Waals surface area contributed by atoms with Crippen molar-refractivity contribution in [3.05, 3.63) is 35.4 Å². The van der Waals surface area contributed by atoms with Gasteiger partial charge in [0.05, 0.1) is 0 Å². The van der Waals surface area contributed by atoms with Crippen LogP contribution in [0.2, 0.25) is 0 Å². The fourth-order valence-electron chi connectivity index (χ4n) is 1.25. The van der Waals surface area contributed by atoms with E-state index in [9.17, 15) is 0 Å². The topological polar surface area (TPSA) is 0 Å². The monoisotopic (exact) mass is 206 g/mol. The molecule has 0 aliphatic carbocycles. The SMILES string of the molecule is CCc1ccccc1CC.Cl.Cl. The summed E-state index contributed by atoms with van der Waals surface area (Å²) in [6.07, 6.45) is 2.31. The minimum atomic E-state index is 0. The first-order chi connectivity index (χ1) is 4.88. The smallest absolute Gasteiger partial charge is 0.0305 e. The number of rotatable bonds is 2. The lowest BCUT2D eigenvalue weighted by atomic mass is 10.0. The molecule has 70 valence electrons. The number of hydrogen-bond donors (Lipinski definition) is 0. The zero-order valence-corrected chi connectivity index (χ0v) is 9.17. The molecule has 0 fully saturated rings. The number of aryl methyl sites for hydroxylation is 2. The Morgan fingerprint density at radius 1 is 0.833 bits per heavy atom. The molecule has 0 aromatic heterocycles. The maximum atomic E-state index is 2.21. The van der Waals surface area contributed by atoms with Gasteiger partial charge in [-0.3, -0.25) is 0 Å². The molecule has 0 bridgehead atoms.